The van der Waals surface area contributed by atoms with Gasteiger partial charge in [0.25, 0.3) is 0 Å². The fourth-order valence-corrected chi connectivity index (χ4v) is 1.36. The number of rotatable bonds is 0. The molecule has 4 heteroatoms. The molecule has 12 heavy (non-hydrogen) atoms. The summed E-state index contributed by atoms with van der Waals surface area (Å²) < 4.78 is 13.0. The molecule has 0 aliphatic heterocycles. The minimum Gasteiger partial charge on any atom is -0.266 e. The SMILES string of the molecule is Cc1c(F)ccc2c(Cl)[nH]nc12. The summed E-state index contributed by atoms with van der Waals surface area (Å²) in [6, 6.07) is 3.00. The van der Waals surface area contributed by atoms with Crippen molar-refractivity contribution in [3.8, 4) is 0 Å². The molecule has 1 aromatic carbocycles. The van der Waals surface area contributed by atoms with E-state index in [1.807, 2.05) is 0 Å². The summed E-state index contributed by atoms with van der Waals surface area (Å²) in [5.41, 5.74) is 1.12. The van der Waals surface area contributed by atoms with E-state index in [2.05, 4.69) is 10.2 Å². The van der Waals surface area contributed by atoms with Crippen LogP contribution >= 0.6 is 11.6 Å². The van der Waals surface area contributed by atoms with Crippen LogP contribution < -0.4 is 0 Å². The van der Waals surface area contributed by atoms with E-state index in [1.165, 1.54) is 6.07 Å². The maximum Gasteiger partial charge on any atom is 0.132 e. The van der Waals surface area contributed by atoms with E-state index in [0.717, 1.165) is 5.39 Å². The highest BCUT2D eigenvalue weighted by Crippen LogP contribution is 2.24. The first kappa shape index (κ1) is 7.55. The van der Waals surface area contributed by atoms with Gasteiger partial charge in [-0.1, -0.05) is 11.6 Å². The lowest BCUT2D eigenvalue weighted by Crippen LogP contribution is -1.82. The topological polar surface area (TPSA) is 28.7 Å². The smallest absolute Gasteiger partial charge is 0.132 e. The van der Waals surface area contributed by atoms with E-state index >= 15 is 0 Å². The third kappa shape index (κ3) is 0.898. The van der Waals surface area contributed by atoms with Crippen molar-refractivity contribution in [2.24, 2.45) is 0 Å². The van der Waals surface area contributed by atoms with Crippen molar-refractivity contribution in [3.05, 3.63) is 28.7 Å². The van der Waals surface area contributed by atoms with Crippen molar-refractivity contribution in [3.63, 3.8) is 0 Å². The molecular weight excluding hydrogens is 179 g/mol. The van der Waals surface area contributed by atoms with Gasteiger partial charge in [-0.05, 0) is 19.1 Å². The van der Waals surface area contributed by atoms with Gasteiger partial charge in [-0.2, -0.15) is 5.10 Å². The van der Waals surface area contributed by atoms with Crippen LogP contribution in [0, 0.1) is 12.7 Å². The average Bonchev–Trinajstić information content (AvgIpc) is 2.41. The van der Waals surface area contributed by atoms with E-state index < -0.39 is 0 Å². The van der Waals surface area contributed by atoms with Crippen LogP contribution in [0.15, 0.2) is 12.1 Å². The van der Waals surface area contributed by atoms with Crippen LogP contribution in [0.25, 0.3) is 10.9 Å². The Hall–Kier alpha value is -1.09. The minimum atomic E-state index is -0.259. The average molecular weight is 185 g/mol. The van der Waals surface area contributed by atoms with Gasteiger partial charge in [-0.15, -0.1) is 0 Å². The van der Waals surface area contributed by atoms with Crippen molar-refractivity contribution in [2.75, 3.05) is 0 Å². The van der Waals surface area contributed by atoms with Crippen molar-refractivity contribution >= 4 is 22.5 Å². The molecule has 1 N–H and O–H groups in total. The summed E-state index contributed by atoms with van der Waals surface area (Å²) in [6.07, 6.45) is 0. The first-order valence-electron chi connectivity index (χ1n) is 3.49. The molecule has 2 nitrogen and oxygen atoms in total. The summed E-state index contributed by atoms with van der Waals surface area (Å²) in [6.45, 7) is 1.68. The number of hydrogen-bond acceptors (Lipinski definition) is 1. The monoisotopic (exact) mass is 184 g/mol. The molecule has 1 heterocycles. The maximum atomic E-state index is 13.0. The van der Waals surface area contributed by atoms with Gasteiger partial charge in [-0.3, -0.25) is 5.10 Å². The van der Waals surface area contributed by atoms with Crippen molar-refractivity contribution in [1.29, 1.82) is 0 Å². The van der Waals surface area contributed by atoms with Gasteiger partial charge in [0.15, 0.2) is 0 Å². The van der Waals surface area contributed by atoms with Crippen LogP contribution in [-0.4, -0.2) is 10.2 Å². The van der Waals surface area contributed by atoms with E-state index in [1.54, 1.807) is 13.0 Å². The van der Waals surface area contributed by atoms with Gasteiger partial charge >= 0.3 is 0 Å². The Kier molecular flexibility index (Phi) is 1.54. The molecule has 62 valence electrons. The van der Waals surface area contributed by atoms with Crippen LogP contribution in [0.5, 0.6) is 0 Å². The fraction of sp³-hybridized carbons (Fsp3) is 0.125. The number of aromatic nitrogens is 2. The first-order valence-corrected chi connectivity index (χ1v) is 3.86. The normalized spacial score (nSPS) is 10.9. The maximum absolute atomic E-state index is 13.0. The lowest BCUT2D eigenvalue weighted by molar-refractivity contribution is 0.620. The molecule has 0 aliphatic rings. The van der Waals surface area contributed by atoms with Crippen molar-refractivity contribution in [2.45, 2.75) is 6.92 Å². The van der Waals surface area contributed by atoms with Gasteiger partial charge in [0.1, 0.15) is 11.0 Å². The molecule has 1 aromatic heterocycles. The number of nitrogens with zero attached hydrogens (tertiary/aromatic N) is 1. The Morgan fingerprint density at radius 2 is 2.25 bits per heavy atom. The Balaban J connectivity index is 2.93. The van der Waals surface area contributed by atoms with Gasteiger partial charge in [0, 0.05) is 10.9 Å². The number of halogens is 2. The lowest BCUT2D eigenvalue weighted by Gasteiger charge is -1.94. The Morgan fingerprint density at radius 3 is 3.00 bits per heavy atom. The number of aryl methyl sites for hydroxylation is 1. The van der Waals surface area contributed by atoms with Gasteiger partial charge in [-0.25, -0.2) is 4.39 Å². The second-order valence-corrected chi connectivity index (χ2v) is 2.98. The van der Waals surface area contributed by atoms with Crippen LogP contribution in [0.4, 0.5) is 4.39 Å². The summed E-state index contributed by atoms with van der Waals surface area (Å²) in [7, 11) is 0. The molecule has 2 rings (SSSR count). The molecule has 0 atom stereocenters. The predicted molar refractivity (Wildman–Crippen MR) is 45.8 cm³/mol. The quantitative estimate of drug-likeness (QED) is 0.670. The summed E-state index contributed by atoms with van der Waals surface area (Å²) in [5.74, 6) is -0.259. The number of nitrogens with one attached hydrogen (secondary N) is 1. The van der Waals surface area contributed by atoms with Crippen molar-refractivity contribution < 1.29 is 4.39 Å². The van der Waals surface area contributed by atoms with Crippen LogP contribution in [-0.2, 0) is 0 Å². The highest BCUT2D eigenvalue weighted by molar-refractivity contribution is 6.34. The van der Waals surface area contributed by atoms with Gasteiger partial charge < -0.3 is 0 Å². The number of H-pyrrole nitrogens is 1. The van der Waals surface area contributed by atoms with Crippen LogP contribution in [0.2, 0.25) is 5.15 Å². The number of hydrogen-bond donors (Lipinski definition) is 1. The fourth-order valence-electron chi connectivity index (χ4n) is 1.16. The third-order valence-corrected chi connectivity index (χ3v) is 2.16. The molecule has 0 unspecified atom stereocenters. The first-order chi connectivity index (χ1) is 5.70. The third-order valence-electron chi connectivity index (χ3n) is 1.87. The Bertz CT molecular complexity index is 436. The highest BCUT2D eigenvalue weighted by atomic mass is 35.5. The lowest BCUT2D eigenvalue weighted by atomic mass is 10.1. The van der Waals surface area contributed by atoms with Gasteiger partial charge in [0.05, 0.1) is 5.52 Å². The van der Waals surface area contributed by atoms with E-state index in [-0.39, 0.29) is 5.82 Å². The second kappa shape index (κ2) is 2.45. The van der Waals surface area contributed by atoms with E-state index in [9.17, 15) is 4.39 Å². The second-order valence-electron chi connectivity index (χ2n) is 2.61. The summed E-state index contributed by atoms with van der Waals surface area (Å²) in [4.78, 5) is 0. The summed E-state index contributed by atoms with van der Waals surface area (Å²) in [5, 5.41) is 7.69. The molecule has 0 spiro atoms. The molecule has 0 amide bonds. The van der Waals surface area contributed by atoms with Crippen LogP contribution in [0.3, 0.4) is 0 Å². The van der Waals surface area contributed by atoms with E-state index in [0.29, 0.717) is 16.2 Å². The molecule has 0 bridgehead atoms. The zero-order valence-electron chi connectivity index (χ0n) is 6.36. The zero-order valence-corrected chi connectivity index (χ0v) is 7.11. The molecule has 0 aliphatic carbocycles. The number of benzene rings is 1. The Labute approximate surface area is 73.3 Å². The van der Waals surface area contributed by atoms with Gasteiger partial charge in [0.2, 0.25) is 0 Å². The number of aromatic amines is 1. The predicted octanol–water partition coefficient (Wildman–Crippen LogP) is 2.66. The zero-order chi connectivity index (χ0) is 8.72. The molecule has 0 fully saturated rings. The molecular formula is C8H6ClFN2. The molecule has 0 saturated carbocycles. The van der Waals surface area contributed by atoms with E-state index in [4.69, 9.17) is 11.6 Å². The largest absolute Gasteiger partial charge is 0.266 e. The van der Waals surface area contributed by atoms with Crippen LogP contribution in [0.1, 0.15) is 5.56 Å². The van der Waals surface area contributed by atoms with Crippen molar-refractivity contribution in [1.82, 2.24) is 10.2 Å². The molecule has 0 radical (unpaired) electrons. The minimum absolute atomic E-state index is 0.259. The summed E-state index contributed by atoms with van der Waals surface area (Å²) >= 11 is 5.76. The molecule has 2 aromatic rings. The standard InChI is InChI=1S/C8H6ClFN2/c1-4-6(10)3-2-5-7(4)11-12-8(5)9/h2-3H,1H3,(H,11,12). The Morgan fingerprint density at radius 1 is 1.50 bits per heavy atom. The molecule has 0 saturated heterocycles. The number of fused-ring (bicyclic) bond motifs is 1. The highest BCUT2D eigenvalue weighted by Gasteiger charge is 2.07.